The summed E-state index contributed by atoms with van der Waals surface area (Å²) in [7, 11) is -10.6. The molecule has 0 aromatic rings. The van der Waals surface area contributed by atoms with Crippen LogP contribution in [-0.4, -0.2) is 53.7 Å². The SMILES string of the molecule is CCCCC(=O)CS(OS(=O)(=O)C(F)(F)C(F)(F)C(F)(F)C(F)(F)F)(C(C)C)C(C)C. The number of unbranched alkanes of at least 4 members (excludes halogenated alkanes) is 1. The Bertz CT molecular complexity index is 724. The normalized spacial score (nSPS) is 15.6. The highest BCUT2D eigenvalue weighted by atomic mass is 32.3. The summed E-state index contributed by atoms with van der Waals surface area (Å²) >= 11 is 0. The summed E-state index contributed by atoms with van der Waals surface area (Å²) in [6, 6.07) is 0. The van der Waals surface area contributed by atoms with Crippen LogP contribution in [0.4, 0.5) is 39.5 Å². The Hall–Kier alpha value is -0.700. The van der Waals surface area contributed by atoms with Crippen LogP contribution >= 0.6 is 10.3 Å². The Balaban J connectivity index is 6.46. The molecule has 0 aliphatic heterocycles. The maximum Gasteiger partial charge on any atom is 0.460 e. The summed E-state index contributed by atoms with van der Waals surface area (Å²) in [5.74, 6) is -16.2. The quantitative estimate of drug-likeness (QED) is 0.296. The van der Waals surface area contributed by atoms with Gasteiger partial charge < -0.3 is 0 Å². The number of halogens is 9. The molecule has 0 aliphatic rings. The number of hydrogen-bond donors (Lipinski definition) is 0. The van der Waals surface area contributed by atoms with Crippen LogP contribution in [0.15, 0.2) is 0 Å². The third kappa shape index (κ3) is 5.63. The molecule has 0 atom stereocenters. The Morgan fingerprint density at radius 1 is 0.839 bits per heavy atom. The first-order chi connectivity index (χ1) is 13.5. The minimum atomic E-state index is -7.39. The van der Waals surface area contributed by atoms with E-state index in [1.54, 1.807) is 6.92 Å². The van der Waals surface area contributed by atoms with Crippen molar-refractivity contribution in [3.05, 3.63) is 0 Å². The van der Waals surface area contributed by atoms with Crippen molar-refractivity contribution < 1.29 is 56.4 Å². The lowest BCUT2D eigenvalue weighted by molar-refractivity contribution is -0.382. The zero-order valence-corrected chi connectivity index (χ0v) is 19.0. The van der Waals surface area contributed by atoms with Crippen molar-refractivity contribution in [1.29, 1.82) is 0 Å². The van der Waals surface area contributed by atoms with Gasteiger partial charge in [-0.05, 0) is 6.42 Å². The van der Waals surface area contributed by atoms with E-state index in [4.69, 9.17) is 0 Å². The van der Waals surface area contributed by atoms with Gasteiger partial charge in [0.25, 0.3) is 0 Å². The number of carbonyl (C=O) groups excluding carboxylic acids is 1. The zero-order valence-electron chi connectivity index (χ0n) is 17.3. The van der Waals surface area contributed by atoms with E-state index in [1.807, 2.05) is 0 Å². The van der Waals surface area contributed by atoms with Gasteiger partial charge in [-0.25, -0.2) is 3.63 Å². The molecule has 0 radical (unpaired) electrons. The fraction of sp³-hybridized carbons (Fsp3) is 0.938. The Morgan fingerprint density at radius 3 is 1.58 bits per heavy atom. The first kappa shape index (κ1) is 30.3. The summed E-state index contributed by atoms with van der Waals surface area (Å²) in [6.07, 6.45) is -6.42. The number of carbonyl (C=O) groups is 1. The molecule has 0 aromatic carbocycles. The Kier molecular flexibility index (Phi) is 9.44. The van der Waals surface area contributed by atoms with Gasteiger partial charge >= 0.3 is 33.4 Å². The molecule has 188 valence electrons. The van der Waals surface area contributed by atoms with Crippen molar-refractivity contribution >= 4 is 26.2 Å². The third-order valence-electron chi connectivity index (χ3n) is 4.44. The molecular formula is C16H25F9O4S2. The van der Waals surface area contributed by atoms with Gasteiger partial charge in [-0.15, -0.1) is 10.3 Å². The molecule has 0 unspecified atom stereocenters. The second-order valence-electron chi connectivity index (χ2n) is 7.35. The van der Waals surface area contributed by atoms with Crippen LogP contribution < -0.4 is 0 Å². The molecule has 31 heavy (non-hydrogen) atoms. The highest BCUT2D eigenvalue weighted by Gasteiger charge is 2.86. The van der Waals surface area contributed by atoms with E-state index in [1.165, 1.54) is 27.7 Å². The molecular weight excluding hydrogens is 491 g/mol. The van der Waals surface area contributed by atoms with E-state index in [9.17, 15) is 52.7 Å². The predicted molar refractivity (Wildman–Crippen MR) is 98.2 cm³/mol. The van der Waals surface area contributed by atoms with Crippen molar-refractivity contribution in [3.63, 3.8) is 0 Å². The minimum Gasteiger partial charge on any atom is -0.299 e. The highest BCUT2D eigenvalue weighted by Crippen LogP contribution is 2.62. The van der Waals surface area contributed by atoms with Gasteiger partial charge in [-0.3, -0.25) is 4.79 Å². The molecule has 0 aliphatic carbocycles. The first-order valence-electron chi connectivity index (χ1n) is 9.01. The van der Waals surface area contributed by atoms with E-state index in [0.717, 1.165) is 0 Å². The standard InChI is InChI=1S/C16H25F9O4S2/c1-6-7-8-12(26)9-30(10(2)3,11(4)5)29-31(27,28)16(24,25)14(19,20)13(17,18)15(21,22)23/h10-11H,6-9H2,1-5H3. The molecule has 0 spiro atoms. The topological polar surface area (TPSA) is 60.4 Å². The van der Waals surface area contributed by atoms with Gasteiger partial charge in [0.2, 0.25) is 0 Å². The van der Waals surface area contributed by atoms with Gasteiger partial charge in [-0.2, -0.15) is 47.9 Å². The number of ketones is 1. The number of Topliss-reactive ketones (excluding diaryl/α,β-unsaturated/α-hetero) is 1. The van der Waals surface area contributed by atoms with E-state index in [-0.39, 0.29) is 6.42 Å². The minimum absolute atomic E-state index is 0.118. The zero-order chi connectivity index (χ0) is 25.3. The molecule has 0 saturated carbocycles. The average molecular weight is 516 g/mol. The third-order valence-corrected chi connectivity index (χ3v) is 11.0. The summed E-state index contributed by atoms with van der Waals surface area (Å²) in [5, 5.41) is -9.01. The number of rotatable bonds is 12. The van der Waals surface area contributed by atoms with Crippen LogP contribution in [-0.2, 0) is 18.5 Å². The second-order valence-corrected chi connectivity index (χ2v) is 13.0. The molecule has 0 fully saturated rings. The van der Waals surface area contributed by atoms with Crippen molar-refractivity contribution in [3.8, 4) is 0 Å². The van der Waals surface area contributed by atoms with Gasteiger partial charge in [0.1, 0.15) is 5.78 Å². The lowest BCUT2D eigenvalue weighted by atomic mass is 10.1. The van der Waals surface area contributed by atoms with Gasteiger partial charge in [-0.1, -0.05) is 41.0 Å². The lowest BCUT2D eigenvalue weighted by Crippen LogP contribution is -2.63. The maximum absolute atomic E-state index is 14.1. The van der Waals surface area contributed by atoms with E-state index >= 15 is 0 Å². The van der Waals surface area contributed by atoms with Crippen LogP contribution in [0.1, 0.15) is 53.9 Å². The van der Waals surface area contributed by atoms with E-state index in [2.05, 4.69) is 3.63 Å². The molecule has 4 nitrogen and oxygen atoms in total. The number of alkyl halides is 9. The van der Waals surface area contributed by atoms with Gasteiger partial charge in [0.15, 0.2) is 0 Å². The van der Waals surface area contributed by atoms with Gasteiger partial charge in [0.05, 0.1) is 5.75 Å². The fourth-order valence-electron chi connectivity index (χ4n) is 2.48. The van der Waals surface area contributed by atoms with Crippen molar-refractivity contribution in [1.82, 2.24) is 0 Å². The molecule has 0 rings (SSSR count). The van der Waals surface area contributed by atoms with Crippen LogP contribution in [0.5, 0.6) is 0 Å². The molecule has 0 N–H and O–H groups in total. The van der Waals surface area contributed by atoms with Crippen LogP contribution in [0.25, 0.3) is 0 Å². The summed E-state index contributed by atoms with van der Waals surface area (Å²) in [6.45, 7) is 6.65. The fourth-order valence-corrected chi connectivity index (χ4v) is 8.45. The van der Waals surface area contributed by atoms with Crippen molar-refractivity contribution in [2.24, 2.45) is 0 Å². The smallest absolute Gasteiger partial charge is 0.299 e. The second kappa shape index (κ2) is 9.65. The largest absolute Gasteiger partial charge is 0.460 e. The molecule has 0 bridgehead atoms. The molecule has 0 saturated heterocycles. The average Bonchev–Trinajstić information content (AvgIpc) is 2.57. The van der Waals surface area contributed by atoms with E-state index < -0.39 is 65.7 Å². The molecule has 0 aromatic heterocycles. The summed E-state index contributed by atoms with van der Waals surface area (Å²) in [5.41, 5.74) is 0. The number of hydrogen-bond acceptors (Lipinski definition) is 4. The van der Waals surface area contributed by atoms with Crippen LogP contribution in [0.3, 0.4) is 0 Å². The predicted octanol–water partition coefficient (Wildman–Crippen LogP) is 6.05. The van der Waals surface area contributed by atoms with E-state index in [0.29, 0.717) is 12.8 Å². The summed E-state index contributed by atoms with van der Waals surface area (Å²) < 4.78 is 147. The monoisotopic (exact) mass is 516 g/mol. The molecule has 15 heteroatoms. The van der Waals surface area contributed by atoms with Gasteiger partial charge in [0, 0.05) is 16.9 Å². The maximum atomic E-state index is 14.1. The Morgan fingerprint density at radius 2 is 1.26 bits per heavy atom. The first-order valence-corrected chi connectivity index (χ1v) is 12.3. The summed E-state index contributed by atoms with van der Waals surface area (Å²) in [4.78, 5) is 12.2. The van der Waals surface area contributed by atoms with Crippen LogP contribution in [0.2, 0.25) is 0 Å². The Labute approximate surface area is 176 Å². The van der Waals surface area contributed by atoms with Crippen LogP contribution in [0, 0.1) is 0 Å². The van der Waals surface area contributed by atoms with Crippen molar-refractivity contribution in [2.75, 3.05) is 5.75 Å². The lowest BCUT2D eigenvalue weighted by Gasteiger charge is -2.46. The highest BCUT2D eigenvalue weighted by molar-refractivity contribution is 8.34. The molecule has 0 heterocycles. The van der Waals surface area contributed by atoms with Crippen molar-refractivity contribution in [2.45, 2.75) is 87.7 Å². The molecule has 0 amide bonds.